The van der Waals surface area contributed by atoms with Crippen LogP contribution in [0.2, 0.25) is 0 Å². The number of aliphatic hydroxyl groups excluding tert-OH is 1. The summed E-state index contributed by atoms with van der Waals surface area (Å²) in [4.78, 5) is 40.9. The Morgan fingerprint density at radius 2 is 1.76 bits per heavy atom. The number of nitrogens with one attached hydrogen (secondary N) is 2. The van der Waals surface area contributed by atoms with Gasteiger partial charge in [0, 0.05) is 12.1 Å². The van der Waals surface area contributed by atoms with Crippen LogP contribution in [-0.2, 0) is 14.3 Å². The summed E-state index contributed by atoms with van der Waals surface area (Å²) in [6.07, 6.45) is -0.0554. The van der Waals surface area contributed by atoms with Gasteiger partial charge in [-0.2, -0.15) is 0 Å². The highest BCUT2D eigenvalue weighted by molar-refractivity contribution is 5.92. The second-order valence-corrected chi connectivity index (χ2v) is 10.3. The molecule has 0 aromatic heterocycles. The van der Waals surface area contributed by atoms with Crippen molar-refractivity contribution in [2.24, 2.45) is 5.92 Å². The van der Waals surface area contributed by atoms with Crippen LogP contribution in [0.1, 0.15) is 70.7 Å². The van der Waals surface area contributed by atoms with Crippen LogP contribution < -0.4 is 10.6 Å². The molecule has 0 radical (unpaired) electrons. The van der Waals surface area contributed by atoms with Gasteiger partial charge in [0.1, 0.15) is 17.7 Å². The van der Waals surface area contributed by atoms with E-state index in [9.17, 15) is 19.5 Å². The van der Waals surface area contributed by atoms with Crippen molar-refractivity contribution >= 4 is 17.9 Å². The minimum atomic E-state index is -1.23. The SMILES string of the molecule is Cc1ccc(C(C(=O)NC(C)C)N(C(=O)C(CO)NC(=O)OC(C)(C)C)C2CC2C)cc1C. The monoisotopic (exact) mass is 461 g/mol. The van der Waals surface area contributed by atoms with Gasteiger partial charge in [0.25, 0.3) is 0 Å². The van der Waals surface area contributed by atoms with Gasteiger partial charge in [-0.15, -0.1) is 0 Å². The van der Waals surface area contributed by atoms with Crippen molar-refractivity contribution < 1.29 is 24.2 Å². The van der Waals surface area contributed by atoms with E-state index in [1.165, 1.54) is 4.90 Å². The number of nitrogens with zero attached hydrogens (tertiary/aromatic N) is 1. The Balaban J connectivity index is 2.45. The number of hydrogen-bond acceptors (Lipinski definition) is 5. The summed E-state index contributed by atoms with van der Waals surface area (Å²) in [5.41, 5.74) is 2.03. The van der Waals surface area contributed by atoms with E-state index < -0.39 is 36.3 Å². The molecule has 4 atom stereocenters. The highest BCUT2D eigenvalue weighted by Crippen LogP contribution is 2.41. The number of carbonyl (C=O) groups excluding carboxylic acids is 3. The average molecular weight is 462 g/mol. The number of hydrogen-bond donors (Lipinski definition) is 3. The molecular formula is C25H39N3O5. The van der Waals surface area contributed by atoms with Crippen molar-refractivity contribution in [2.45, 2.75) is 91.6 Å². The fourth-order valence-corrected chi connectivity index (χ4v) is 3.72. The Morgan fingerprint density at radius 3 is 2.21 bits per heavy atom. The lowest BCUT2D eigenvalue weighted by molar-refractivity contribution is -0.144. The zero-order chi connectivity index (χ0) is 25.1. The predicted octanol–water partition coefficient (Wildman–Crippen LogP) is 2.99. The first-order valence-corrected chi connectivity index (χ1v) is 11.5. The van der Waals surface area contributed by atoms with Gasteiger partial charge < -0.3 is 25.4 Å². The molecule has 0 aliphatic heterocycles. The Morgan fingerprint density at radius 1 is 1.15 bits per heavy atom. The van der Waals surface area contributed by atoms with E-state index in [1.807, 2.05) is 52.8 Å². The van der Waals surface area contributed by atoms with Crippen LogP contribution in [0.25, 0.3) is 0 Å². The molecule has 4 unspecified atom stereocenters. The van der Waals surface area contributed by atoms with E-state index in [0.717, 1.165) is 17.5 Å². The van der Waals surface area contributed by atoms with Gasteiger partial charge in [-0.3, -0.25) is 9.59 Å². The normalized spacial score (nSPS) is 19.5. The molecule has 0 bridgehead atoms. The van der Waals surface area contributed by atoms with Crippen LogP contribution in [0.15, 0.2) is 18.2 Å². The molecule has 3 N–H and O–H groups in total. The number of aryl methyl sites for hydroxylation is 2. The first-order chi connectivity index (χ1) is 15.2. The fraction of sp³-hybridized carbons (Fsp3) is 0.640. The van der Waals surface area contributed by atoms with E-state index in [0.29, 0.717) is 5.56 Å². The molecule has 8 heteroatoms. The van der Waals surface area contributed by atoms with Crippen LogP contribution in [-0.4, -0.2) is 58.2 Å². The maximum Gasteiger partial charge on any atom is 0.408 e. The molecule has 0 heterocycles. The lowest BCUT2D eigenvalue weighted by atomic mass is 9.98. The number of rotatable bonds is 8. The molecule has 184 valence electrons. The van der Waals surface area contributed by atoms with Gasteiger partial charge in [-0.25, -0.2) is 4.79 Å². The van der Waals surface area contributed by atoms with Gasteiger partial charge >= 0.3 is 6.09 Å². The summed E-state index contributed by atoms with van der Waals surface area (Å²) >= 11 is 0. The van der Waals surface area contributed by atoms with Crippen LogP contribution in [0.5, 0.6) is 0 Å². The largest absolute Gasteiger partial charge is 0.444 e. The van der Waals surface area contributed by atoms with Gasteiger partial charge in [0.15, 0.2) is 0 Å². The van der Waals surface area contributed by atoms with Crippen LogP contribution in [0.3, 0.4) is 0 Å². The molecule has 1 fully saturated rings. The van der Waals surface area contributed by atoms with E-state index >= 15 is 0 Å². The third kappa shape index (κ3) is 7.19. The van der Waals surface area contributed by atoms with E-state index in [1.54, 1.807) is 20.8 Å². The summed E-state index contributed by atoms with van der Waals surface area (Å²) in [7, 11) is 0. The van der Waals surface area contributed by atoms with E-state index in [2.05, 4.69) is 10.6 Å². The van der Waals surface area contributed by atoms with Gasteiger partial charge in [0.05, 0.1) is 6.61 Å². The second kappa shape index (κ2) is 10.5. The van der Waals surface area contributed by atoms with Crippen LogP contribution >= 0.6 is 0 Å². The quantitative estimate of drug-likeness (QED) is 0.552. The summed E-state index contributed by atoms with van der Waals surface area (Å²) in [6, 6.07) is 3.31. The molecule has 0 spiro atoms. The standard InChI is InChI=1S/C25H39N3O5/c1-14(2)26-22(30)21(18-10-9-15(3)16(4)11-18)28(20-12-17(20)5)23(31)19(13-29)27-24(32)33-25(6,7)8/h9-11,14,17,19-21,29H,12-13H2,1-8H3,(H,26,30)(H,27,32). The zero-order valence-electron chi connectivity index (χ0n) is 21.1. The summed E-state index contributed by atoms with van der Waals surface area (Å²) in [6.45, 7) is 14.2. The van der Waals surface area contributed by atoms with Crippen molar-refractivity contribution in [3.63, 3.8) is 0 Å². The smallest absolute Gasteiger partial charge is 0.408 e. The predicted molar refractivity (Wildman–Crippen MR) is 127 cm³/mol. The summed E-state index contributed by atoms with van der Waals surface area (Å²) in [5.74, 6) is -0.606. The number of ether oxygens (including phenoxy) is 1. The molecule has 2 rings (SSSR count). The highest BCUT2D eigenvalue weighted by Gasteiger charge is 2.48. The molecule has 1 saturated carbocycles. The average Bonchev–Trinajstić information content (AvgIpc) is 3.39. The number of alkyl carbamates (subject to hydrolysis) is 1. The molecule has 1 aromatic rings. The van der Waals surface area contributed by atoms with Gasteiger partial charge in [-0.05, 0) is 77.5 Å². The topological polar surface area (TPSA) is 108 Å². The Labute approximate surface area is 197 Å². The number of benzene rings is 1. The van der Waals surface area contributed by atoms with Gasteiger partial charge in [-0.1, -0.05) is 25.1 Å². The zero-order valence-corrected chi connectivity index (χ0v) is 21.1. The molecule has 0 saturated heterocycles. The lowest BCUT2D eigenvalue weighted by Gasteiger charge is -2.35. The molecule has 1 aliphatic carbocycles. The van der Waals surface area contributed by atoms with Crippen molar-refractivity contribution in [1.82, 2.24) is 15.5 Å². The third-order valence-corrected chi connectivity index (χ3v) is 5.65. The van der Waals surface area contributed by atoms with Crippen molar-refractivity contribution in [2.75, 3.05) is 6.61 Å². The molecule has 8 nitrogen and oxygen atoms in total. The van der Waals surface area contributed by atoms with Crippen molar-refractivity contribution in [3.8, 4) is 0 Å². The Hall–Kier alpha value is -2.61. The van der Waals surface area contributed by atoms with Crippen LogP contribution in [0.4, 0.5) is 4.79 Å². The molecule has 3 amide bonds. The number of carbonyl (C=O) groups is 3. The first kappa shape index (κ1) is 26.6. The number of aliphatic hydroxyl groups is 1. The molecule has 1 aromatic carbocycles. The van der Waals surface area contributed by atoms with Crippen molar-refractivity contribution in [3.05, 3.63) is 34.9 Å². The van der Waals surface area contributed by atoms with Gasteiger partial charge in [0.2, 0.25) is 11.8 Å². The van der Waals surface area contributed by atoms with E-state index in [-0.39, 0.29) is 23.9 Å². The molecule has 1 aliphatic rings. The minimum absolute atomic E-state index is 0.117. The molecular weight excluding hydrogens is 422 g/mol. The maximum atomic E-state index is 13.7. The molecule has 33 heavy (non-hydrogen) atoms. The fourth-order valence-electron chi connectivity index (χ4n) is 3.72. The van der Waals surface area contributed by atoms with E-state index in [4.69, 9.17) is 4.74 Å². The summed E-state index contributed by atoms with van der Waals surface area (Å²) in [5, 5.41) is 15.4. The maximum absolute atomic E-state index is 13.7. The van der Waals surface area contributed by atoms with Crippen molar-refractivity contribution in [1.29, 1.82) is 0 Å². The third-order valence-electron chi connectivity index (χ3n) is 5.65. The summed E-state index contributed by atoms with van der Waals surface area (Å²) < 4.78 is 5.26. The van der Waals surface area contributed by atoms with Crippen LogP contribution in [0, 0.1) is 19.8 Å². The highest BCUT2D eigenvalue weighted by atomic mass is 16.6. The number of amides is 3. The second-order valence-electron chi connectivity index (χ2n) is 10.3. The Bertz CT molecular complexity index is 877. The first-order valence-electron chi connectivity index (χ1n) is 11.5. The Kier molecular flexibility index (Phi) is 8.52. The lowest BCUT2D eigenvalue weighted by Crippen LogP contribution is -2.55. The minimum Gasteiger partial charge on any atom is -0.444 e.